The van der Waals surface area contributed by atoms with Gasteiger partial charge in [0.2, 0.25) is 0 Å². The minimum absolute atomic E-state index is 0.472. The van der Waals surface area contributed by atoms with Crippen LogP contribution in [0, 0.1) is 5.41 Å². The zero-order valence-electron chi connectivity index (χ0n) is 8.06. The van der Waals surface area contributed by atoms with E-state index in [2.05, 4.69) is 10.0 Å². The van der Waals surface area contributed by atoms with Gasteiger partial charge in [-0.2, -0.15) is 10.2 Å². The Kier molecular flexibility index (Phi) is 4.12. The summed E-state index contributed by atoms with van der Waals surface area (Å²) >= 11 is 0. The van der Waals surface area contributed by atoms with E-state index in [1.54, 1.807) is 13.2 Å². The molecule has 5 N–H and O–H groups in total. The molecular weight excluding hydrogens is 172 g/mol. The zero-order valence-corrected chi connectivity index (χ0v) is 8.88. The third-order valence-corrected chi connectivity index (χ3v) is 3.86. The van der Waals surface area contributed by atoms with Crippen LogP contribution in [0.1, 0.15) is 0 Å². The third kappa shape index (κ3) is 2.75. The molecule has 0 unspecified atom stereocenters. The zero-order chi connectivity index (χ0) is 9.78. The Morgan fingerprint density at radius 2 is 1.92 bits per heavy atom. The SMILES string of the molecule is CN/C=C(/N)C(=N)S(C)(C)NC. The van der Waals surface area contributed by atoms with Crippen LogP contribution in [0.3, 0.4) is 0 Å². The Balaban J connectivity index is 4.49. The highest BCUT2D eigenvalue weighted by Gasteiger charge is 2.16. The molecule has 5 heteroatoms. The predicted molar refractivity (Wildman–Crippen MR) is 57.6 cm³/mol. The van der Waals surface area contributed by atoms with Gasteiger partial charge in [0, 0.05) is 13.2 Å². The van der Waals surface area contributed by atoms with Gasteiger partial charge < -0.3 is 11.1 Å². The maximum atomic E-state index is 7.74. The normalized spacial score (nSPS) is 14.2. The standard InChI is InChI=1S/C7H18N4S/c1-10-5-6(8)7(9)12(3,4)11-2/h5,9-11H,8H2,1-4H3/b6-5+,9-7?. The van der Waals surface area contributed by atoms with Gasteiger partial charge in [0.25, 0.3) is 0 Å². The smallest absolute Gasteiger partial charge is 0.106 e. The summed E-state index contributed by atoms with van der Waals surface area (Å²) in [6.45, 7) is 0. The van der Waals surface area contributed by atoms with Gasteiger partial charge in [0.15, 0.2) is 0 Å². The molecule has 72 valence electrons. The van der Waals surface area contributed by atoms with Gasteiger partial charge >= 0.3 is 0 Å². The maximum absolute atomic E-state index is 7.74. The molecule has 0 atom stereocenters. The summed E-state index contributed by atoms with van der Waals surface area (Å²) in [5.41, 5.74) is 6.14. The molecule has 0 rings (SSSR count). The van der Waals surface area contributed by atoms with Crippen molar-refractivity contribution in [3.63, 3.8) is 0 Å². The van der Waals surface area contributed by atoms with E-state index in [1.807, 2.05) is 19.6 Å². The fourth-order valence-corrected chi connectivity index (χ4v) is 1.47. The second kappa shape index (κ2) is 4.37. The highest BCUT2D eigenvalue weighted by molar-refractivity contribution is 8.43. The molecule has 0 aliphatic rings. The first-order valence-electron chi connectivity index (χ1n) is 3.59. The quantitative estimate of drug-likeness (QED) is 0.379. The molecule has 0 aromatic rings. The first-order chi connectivity index (χ1) is 5.45. The Labute approximate surface area is 75.6 Å². The average Bonchev–Trinajstić information content (AvgIpc) is 2.03. The van der Waals surface area contributed by atoms with Gasteiger partial charge in [0.1, 0.15) is 5.04 Å². The summed E-state index contributed by atoms with van der Waals surface area (Å²) in [7, 11) is 2.39. The molecule has 4 nitrogen and oxygen atoms in total. The van der Waals surface area contributed by atoms with Gasteiger partial charge in [-0.3, -0.25) is 10.1 Å². The molecule has 0 aliphatic carbocycles. The monoisotopic (exact) mass is 190 g/mol. The Morgan fingerprint density at radius 3 is 2.25 bits per heavy atom. The van der Waals surface area contributed by atoms with Crippen LogP contribution in [0.15, 0.2) is 11.9 Å². The van der Waals surface area contributed by atoms with Crippen molar-refractivity contribution >= 4 is 15.3 Å². The largest absolute Gasteiger partial charge is 0.395 e. The molecule has 0 aromatic heterocycles. The minimum atomic E-state index is -1.22. The highest BCUT2D eigenvalue weighted by Crippen LogP contribution is 2.36. The van der Waals surface area contributed by atoms with Crippen molar-refractivity contribution in [1.29, 1.82) is 5.41 Å². The van der Waals surface area contributed by atoms with Crippen molar-refractivity contribution in [3.8, 4) is 0 Å². The van der Waals surface area contributed by atoms with Gasteiger partial charge in [-0.15, -0.1) is 0 Å². The lowest BCUT2D eigenvalue weighted by molar-refractivity contribution is 1.08. The molecule has 0 amide bonds. The second-order valence-electron chi connectivity index (χ2n) is 2.75. The second-order valence-corrected chi connectivity index (χ2v) is 6.22. The molecule has 0 spiro atoms. The maximum Gasteiger partial charge on any atom is 0.106 e. The summed E-state index contributed by atoms with van der Waals surface area (Å²) in [5, 5.41) is 11.0. The highest BCUT2D eigenvalue weighted by atomic mass is 32.3. The molecule has 0 fully saturated rings. The van der Waals surface area contributed by atoms with Crippen LogP contribution in [-0.4, -0.2) is 31.7 Å². The van der Waals surface area contributed by atoms with Crippen LogP contribution in [0.4, 0.5) is 0 Å². The van der Waals surface area contributed by atoms with Crippen LogP contribution in [-0.2, 0) is 0 Å². The number of hydrogen-bond acceptors (Lipinski definition) is 4. The Morgan fingerprint density at radius 1 is 1.42 bits per heavy atom. The van der Waals surface area contributed by atoms with Crippen molar-refractivity contribution in [3.05, 3.63) is 11.9 Å². The van der Waals surface area contributed by atoms with Crippen molar-refractivity contribution in [2.45, 2.75) is 0 Å². The number of nitrogens with two attached hydrogens (primary N) is 1. The number of hydrogen-bond donors (Lipinski definition) is 4. The molecule has 12 heavy (non-hydrogen) atoms. The van der Waals surface area contributed by atoms with E-state index in [1.165, 1.54) is 0 Å². The lowest BCUT2D eigenvalue weighted by Crippen LogP contribution is -2.26. The van der Waals surface area contributed by atoms with E-state index in [-0.39, 0.29) is 0 Å². The van der Waals surface area contributed by atoms with Crippen molar-refractivity contribution in [2.24, 2.45) is 5.73 Å². The molecule has 0 radical (unpaired) electrons. The summed E-state index contributed by atoms with van der Waals surface area (Å²) in [6, 6.07) is 0. The predicted octanol–water partition coefficient (Wildman–Crippen LogP) is 0.182. The van der Waals surface area contributed by atoms with Crippen LogP contribution in [0.25, 0.3) is 0 Å². The van der Waals surface area contributed by atoms with Crippen molar-refractivity contribution in [2.75, 3.05) is 26.6 Å². The summed E-state index contributed by atoms with van der Waals surface area (Å²) in [6.07, 6.45) is 5.62. The van der Waals surface area contributed by atoms with E-state index in [4.69, 9.17) is 11.1 Å². The lowest BCUT2D eigenvalue weighted by atomic mass is 10.5. The fraction of sp³-hybridized carbons (Fsp3) is 0.571. The molecule has 0 aliphatic heterocycles. The fourth-order valence-electron chi connectivity index (χ4n) is 0.618. The van der Waals surface area contributed by atoms with Crippen molar-refractivity contribution in [1.82, 2.24) is 10.0 Å². The molecule has 0 aromatic carbocycles. The first-order valence-corrected chi connectivity index (χ1v) is 6.04. The van der Waals surface area contributed by atoms with E-state index in [9.17, 15) is 0 Å². The van der Waals surface area contributed by atoms with Crippen LogP contribution in [0.5, 0.6) is 0 Å². The number of nitrogens with one attached hydrogen (secondary N) is 3. The lowest BCUT2D eigenvalue weighted by Gasteiger charge is -2.31. The molecule has 0 bridgehead atoms. The van der Waals surface area contributed by atoms with Gasteiger partial charge in [-0.1, -0.05) is 0 Å². The average molecular weight is 190 g/mol. The van der Waals surface area contributed by atoms with Crippen LogP contribution in [0.2, 0.25) is 0 Å². The van der Waals surface area contributed by atoms with Crippen LogP contribution < -0.4 is 15.8 Å². The van der Waals surface area contributed by atoms with E-state index in [0.29, 0.717) is 10.7 Å². The van der Waals surface area contributed by atoms with Crippen LogP contribution >= 0.6 is 10.2 Å². The Bertz CT molecular complexity index is 198. The van der Waals surface area contributed by atoms with Gasteiger partial charge in [-0.05, 0) is 19.6 Å². The van der Waals surface area contributed by atoms with Crippen molar-refractivity contribution < 1.29 is 0 Å². The summed E-state index contributed by atoms with van der Waals surface area (Å²) < 4.78 is 3.09. The van der Waals surface area contributed by atoms with E-state index < -0.39 is 10.2 Å². The summed E-state index contributed by atoms with van der Waals surface area (Å²) in [4.78, 5) is 0. The minimum Gasteiger partial charge on any atom is -0.395 e. The molecule has 0 saturated heterocycles. The van der Waals surface area contributed by atoms with Gasteiger partial charge in [-0.25, -0.2) is 0 Å². The van der Waals surface area contributed by atoms with E-state index in [0.717, 1.165) is 0 Å². The Hall–Kier alpha value is -0.680. The van der Waals surface area contributed by atoms with E-state index >= 15 is 0 Å². The molecule has 0 saturated carbocycles. The first kappa shape index (κ1) is 11.3. The summed E-state index contributed by atoms with van der Waals surface area (Å²) in [5.74, 6) is 0. The molecule has 0 heterocycles. The number of rotatable bonds is 3. The van der Waals surface area contributed by atoms with Gasteiger partial charge in [0.05, 0.1) is 5.70 Å². The third-order valence-electron chi connectivity index (χ3n) is 1.58. The molecular formula is C7H18N4S. The topological polar surface area (TPSA) is 73.9 Å².